The van der Waals surface area contributed by atoms with E-state index in [0.717, 1.165) is 40.7 Å². The number of carbonyl (C=O) groups excluding carboxylic acids is 1. The third kappa shape index (κ3) is 6.37. The highest BCUT2D eigenvalue weighted by Gasteiger charge is 2.30. The van der Waals surface area contributed by atoms with Crippen molar-refractivity contribution in [2.75, 3.05) is 26.2 Å². The fourth-order valence-electron chi connectivity index (χ4n) is 6.98. The Bertz CT molecular complexity index is 1840. The number of benzene rings is 5. The van der Waals surface area contributed by atoms with Crippen LogP contribution in [0.1, 0.15) is 46.2 Å². The molecule has 1 amide bonds. The van der Waals surface area contributed by atoms with Gasteiger partial charge in [0.05, 0.1) is 6.04 Å². The number of fused-ring (bicyclic) bond motifs is 1. The highest BCUT2D eigenvalue weighted by atomic mass is 19.1. The fraction of sp³-hybridized carbons (Fsp3) is 0.195. The summed E-state index contributed by atoms with van der Waals surface area (Å²) in [7, 11) is 0. The molecular formula is C41H38FN3O. The van der Waals surface area contributed by atoms with Crippen LogP contribution in [0.2, 0.25) is 0 Å². The number of carbonyl (C=O) groups is 1. The predicted octanol–water partition coefficient (Wildman–Crippen LogP) is 8.28. The first-order valence-corrected chi connectivity index (χ1v) is 16.1. The van der Waals surface area contributed by atoms with Crippen molar-refractivity contribution in [3.63, 3.8) is 0 Å². The summed E-state index contributed by atoms with van der Waals surface area (Å²) in [4.78, 5) is 18.7. The quantitative estimate of drug-likeness (QED) is 0.166. The summed E-state index contributed by atoms with van der Waals surface area (Å²) in [5.41, 5.74) is 6.96. The van der Waals surface area contributed by atoms with Crippen LogP contribution in [-0.4, -0.2) is 46.5 Å². The van der Waals surface area contributed by atoms with Crippen LogP contribution in [0.3, 0.4) is 0 Å². The molecule has 230 valence electrons. The third-order valence-electron chi connectivity index (χ3n) is 9.30. The lowest BCUT2D eigenvalue weighted by Crippen LogP contribution is -2.50. The average molecular weight is 608 g/mol. The molecule has 6 aromatic rings. The summed E-state index contributed by atoms with van der Waals surface area (Å²) in [5, 5.41) is 1.14. The fourth-order valence-corrected chi connectivity index (χ4v) is 6.98. The first-order chi connectivity index (χ1) is 22.6. The van der Waals surface area contributed by atoms with Crippen molar-refractivity contribution in [1.29, 1.82) is 0 Å². The van der Waals surface area contributed by atoms with E-state index in [9.17, 15) is 9.18 Å². The van der Waals surface area contributed by atoms with Gasteiger partial charge in [0.2, 0.25) is 5.91 Å². The van der Waals surface area contributed by atoms with Gasteiger partial charge < -0.3 is 9.47 Å². The van der Waals surface area contributed by atoms with Gasteiger partial charge in [0.25, 0.3) is 0 Å². The van der Waals surface area contributed by atoms with E-state index in [4.69, 9.17) is 0 Å². The molecule has 1 aromatic heterocycles. The Balaban J connectivity index is 1.13. The second-order valence-electron chi connectivity index (χ2n) is 12.2. The smallest absolute Gasteiger partial charge is 0.223 e. The maximum Gasteiger partial charge on any atom is 0.223 e. The maximum absolute atomic E-state index is 14.1. The lowest BCUT2D eigenvalue weighted by molar-refractivity contribution is -0.133. The maximum atomic E-state index is 14.1. The molecule has 2 heterocycles. The van der Waals surface area contributed by atoms with Gasteiger partial charge in [-0.25, -0.2) is 4.39 Å². The summed E-state index contributed by atoms with van der Waals surface area (Å²) in [6, 6.07) is 47.0. The zero-order valence-corrected chi connectivity index (χ0v) is 25.9. The molecule has 0 N–H and O–H groups in total. The van der Waals surface area contributed by atoms with Gasteiger partial charge in [-0.05, 0) is 46.0 Å². The number of para-hydroxylation sites is 1. The van der Waals surface area contributed by atoms with Crippen molar-refractivity contribution < 1.29 is 9.18 Å². The molecule has 7 rings (SSSR count). The highest BCUT2D eigenvalue weighted by Crippen LogP contribution is 2.36. The Morgan fingerprint density at radius 3 is 1.78 bits per heavy atom. The number of nitrogens with zero attached hydrogens (tertiary/aromatic N) is 3. The van der Waals surface area contributed by atoms with Crippen LogP contribution in [0.5, 0.6) is 0 Å². The molecule has 1 fully saturated rings. The van der Waals surface area contributed by atoms with Gasteiger partial charge in [-0.3, -0.25) is 9.69 Å². The van der Waals surface area contributed by atoms with Crippen molar-refractivity contribution in [1.82, 2.24) is 14.4 Å². The minimum absolute atomic E-state index is 0.0903. The highest BCUT2D eigenvalue weighted by molar-refractivity contribution is 5.87. The number of rotatable bonds is 9. The first kappa shape index (κ1) is 29.7. The Labute approximate surface area is 270 Å². The number of hydrogen-bond donors (Lipinski definition) is 0. The minimum Gasteiger partial charge on any atom is -0.343 e. The zero-order valence-electron chi connectivity index (χ0n) is 25.9. The van der Waals surface area contributed by atoms with Crippen molar-refractivity contribution in [2.45, 2.75) is 24.9 Å². The van der Waals surface area contributed by atoms with Crippen molar-refractivity contribution in [3.05, 3.63) is 179 Å². The van der Waals surface area contributed by atoms with E-state index in [0.29, 0.717) is 26.1 Å². The van der Waals surface area contributed by atoms with E-state index in [1.165, 1.54) is 23.3 Å². The molecule has 1 aliphatic heterocycles. The lowest BCUT2D eigenvalue weighted by Gasteiger charge is -2.40. The van der Waals surface area contributed by atoms with Crippen molar-refractivity contribution >= 4 is 16.8 Å². The summed E-state index contributed by atoms with van der Waals surface area (Å²) in [5.74, 6) is -0.145. The van der Waals surface area contributed by atoms with Gasteiger partial charge in [-0.1, -0.05) is 121 Å². The Kier molecular flexibility index (Phi) is 8.75. The lowest BCUT2D eigenvalue weighted by atomic mass is 9.87. The van der Waals surface area contributed by atoms with Crippen molar-refractivity contribution in [2.24, 2.45) is 0 Å². The topological polar surface area (TPSA) is 28.5 Å². The summed E-state index contributed by atoms with van der Waals surface area (Å²) in [6.07, 6.45) is 2.59. The summed E-state index contributed by atoms with van der Waals surface area (Å²) in [6.45, 7) is 3.65. The molecule has 0 radical (unpaired) electrons. The second-order valence-corrected chi connectivity index (χ2v) is 12.2. The number of aromatic nitrogens is 1. The van der Waals surface area contributed by atoms with Crippen LogP contribution in [0, 0.1) is 5.82 Å². The van der Waals surface area contributed by atoms with E-state index in [-0.39, 0.29) is 23.7 Å². The number of hydrogen-bond acceptors (Lipinski definition) is 2. The monoisotopic (exact) mass is 607 g/mol. The van der Waals surface area contributed by atoms with Gasteiger partial charge in [-0.2, -0.15) is 0 Å². The molecule has 4 nitrogen and oxygen atoms in total. The average Bonchev–Trinajstić information content (AvgIpc) is 3.47. The van der Waals surface area contributed by atoms with E-state index in [2.05, 4.69) is 124 Å². The van der Waals surface area contributed by atoms with Crippen LogP contribution in [0.4, 0.5) is 4.39 Å². The molecule has 1 atom stereocenters. The normalized spacial score (nSPS) is 14.5. The van der Waals surface area contributed by atoms with Gasteiger partial charge >= 0.3 is 0 Å². The standard InChI is InChI=1S/C41H38FN3O/c42-35-22-20-31(21-23-35)29-45-30-38(36-18-10-11-19-39(36)45)37(32-12-4-1-5-13-32)28-40(46)43-24-26-44(27-25-43)41(33-14-6-2-7-15-33)34-16-8-3-9-17-34/h1-23,30,37,41H,24-29H2. The van der Waals surface area contributed by atoms with Crippen LogP contribution in [-0.2, 0) is 11.3 Å². The molecule has 5 heteroatoms. The number of piperazine rings is 1. The van der Waals surface area contributed by atoms with Crippen LogP contribution >= 0.6 is 0 Å². The van der Waals surface area contributed by atoms with Crippen LogP contribution < -0.4 is 0 Å². The van der Waals surface area contributed by atoms with E-state index >= 15 is 0 Å². The second kappa shape index (κ2) is 13.6. The third-order valence-corrected chi connectivity index (χ3v) is 9.30. The Morgan fingerprint density at radius 2 is 1.17 bits per heavy atom. The largest absolute Gasteiger partial charge is 0.343 e. The number of amides is 1. The van der Waals surface area contributed by atoms with E-state index < -0.39 is 0 Å². The molecule has 5 aromatic carbocycles. The molecule has 0 saturated carbocycles. The van der Waals surface area contributed by atoms with Gasteiger partial charge in [0.1, 0.15) is 5.82 Å². The van der Waals surface area contributed by atoms with Gasteiger partial charge in [-0.15, -0.1) is 0 Å². The molecule has 1 aliphatic rings. The van der Waals surface area contributed by atoms with Crippen LogP contribution in [0.15, 0.2) is 146 Å². The Hall–Kier alpha value is -5.00. The van der Waals surface area contributed by atoms with E-state index in [1.54, 1.807) is 0 Å². The summed E-state index contributed by atoms with van der Waals surface area (Å²) < 4.78 is 15.8. The van der Waals surface area contributed by atoms with Crippen LogP contribution in [0.25, 0.3) is 10.9 Å². The number of halogens is 1. The predicted molar refractivity (Wildman–Crippen MR) is 183 cm³/mol. The Morgan fingerprint density at radius 1 is 0.630 bits per heavy atom. The van der Waals surface area contributed by atoms with Gasteiger partial charge in [0.15, 0.2) is 0 Å². The molecule has 0 bridgehead atoms. The zero-order chi connectivity index (χ0) is 31.3. The molecule has 1 saturated heterocycles. The SMILES string of the molecule is O=C(CC(c1ccccc1)c1cn(Cc2ccc(F)cc2)c2ccccc12)N1CCN(C(c2ccccc2)c2ccccc2)CC1. The molecule has 0 aliphatic carbocycles. The molecule has 0 spiro atoms. The first-order valence-electron chi connectivity index (χ1n) is 16.1. The van der Waals surface area contributed by atoms with Gasteiger partial charge in [0, 0.05) is 62.2 Å². The molecule has 1 unspecified atom stereocenters. The summed E-state index contributed by atoms with van der Waals surface area (Å²) >= 11 is 0. The van der Waals surface area contributed by atoms with E-state index in [1.807, 2.05) is 24.3 Å². The molecule has 46 heavy (non-hydrogen) atoms. The van der Waals surface area contributed by atoms with Crippen molar-refractivity contribution in [3.8, 4) is 0 Å². The molecular weight excluding hydrogens is 569 g/mol. The minimum atomic E-state index is -0.235.